The lowest BCUT2D eigenvalue weighted by Crippen LogP contribution is -2.42. The van der Waals surface area contributed by atoms with E-state index in [1.54, 1.807) is 25.3 Å². The fourth-order valence-corrected chi connectivity index (χ4v) is 2.91. The van der Waals surface area contributed by atoms with Crippen molar-refractivity contribution in [1.82, 2.24) is 14.7 Å². The molecule has 1 amide bonds. The van der Waals surface area contributed by atoms with E-state index < -0.39 is 0 Å². The fraction of sp³-hybridized carbons (Fsp3) is 0.688. The van der Waals surface area contributed by atoms with Crippen molar-refractivity contribution in [2.45, 2.75) is 25.1 Å². The van der Waals surface area contributed by atoms with E-state index in [0.717, 1.165) is 25.3 Å². The van der Waals surface area contributed by atoms with Gasteiger partial charge in [-0.1, -0.05) is 0 Å². The topological polar surface area (TPSA) is 49.2 Å². The standard InChI is InChI=1S/C16H27N3O3/c1-17(9-13-8-15(21-4)11-18(13)2)12-16(20)19(3)10-14-6-5-7-22-14/h5-7,13,15H,8-12H2,1-4H3/t13-,15-/m0/s1. The third kappa shape index (κ3) is 4.56. The van der Waals surface area contributed by atoms with Crippen LogP contribution in [0.5, 0.6) is 0 Å². The van der Waals surface area contributed by atoms with Gasteiger partial charge in [-0.05, 0) is 32.6 Å². The maximum Gasteiger partial charge on any atom is 0.236 e. The number of carbonyl (C=O) groups excluding carboxylic acids is 1. The molecule has 1 aromatic heterocycles. The first-order valence-corrected chi connectivity index (χ1v) is 7.67. The minimum atomic E-state index is 0.0999. The minimum absolute atomic E-state index is 0.0999. The van der Waals surface area contributed by atoms with E-state index in [0.29, 0.717) is 25.2 Å². The monoisotopic (exact) mass is 309 g/mol. The van der Waals surface area contributed by atoms with Crippen molar-refractivity contribution >= 4 is 5.91 Å². The van der Waals surface area contributed by atoms with Crippen LogP contribution >= 0.6 is 0 Å². The van der Waals surface area contributed by atoms with Crippen LogP contribution in [0.15, 0.2) is 22.8 Å². The summed E-state index contributed by atoms with van der Waals surface area (Å²) in [5.41, 5.74) is 0. The first-order chi connectivity index (χ1) is 10.5. The Balaban J connectivity index is 1.76. The van der Waals surface area contributed by atoms with Gasteiger partial charge < -0.3 is 14.1 Å². The summed E-state index contributed by atoms with van der Waals surface area (Å²) in [5.74, 6) is 0.903. The molecule has 1 aromatic rings. The number of likely N-dealkylation sites (N-methyl/N-ethyl adjacent to an activating group) is 3. The Hall–Kier alpha value is -1.37. The molecular weight excluding hydrogens is 282 g/mol. The molecule has 0 bridgehead atoms. The molecule has 0 radical (unpaired) electrons. The lowest BCUT2D eigenvalue weighted by atomic mass is 10.2. The van der Waals surface area contributed by atoms with Crippen LogP contribution in [0.4, 0.5) is 0 Å². The van der Waals surface area contributed by atoms with Gasteiger partial charge in [-0.25, -0.2) is 0 Å². The Labute approximate surface area is 132 Å². The molecule has 1 aliphatic heterocycles. The zero-order chi connectivity index (χ0) is 16.1. The summed E-state index contributed by atoms with van der Waals surface area (Å²) >= 11 is 0. The molecule has 0 unspecified atom stereocenters. The van der Waals surface area contributed by atoms with E-state index in [1.807, 2.05) is 19.2 Å². The minimum Gasteiger partial charge on any atom is -0.467 e. The van der Waals surface area contributed by atoms with Crippen LogP contribution in [0.2, 0.25) is 0 Å². The summed E-state index contributed by atoms with van der Waals surface area (Å²) < 4.78 is 10.7. The van der Waals surface area contributed by atoms with Crippen LogP contribution in [0.25, 0.3) is 0 Å². The molecule has 6 nitrogen and oxygen atoms in total. The predicted octanol–water partition coefficient (Wildman–Crippen LogP) is 0.889. The van der Waals surface area contributed by atoms with E-state index in [1.165, 1.54) is 0 Å². The van der Waals surface area contributed by atoms with Gasteiger partial charge in [0, 0.05) is 33.3 Å². The number of methoxy groups -OCH3 is 1. The van der Waals surface area contributed by atoms with Crippen LogP contribution in [0.3, 0.4) is 0 Å². The zero-order valence-corrected chi connectivity index (χ0v) is 14.0. The normalized spacial score (nSPS) is 22.4. The number of hydrogen-bond acceptors (Lipinski definition) is 5. The average Bonchev–Trinajstić information content (AvgIpc) is 3.09. The second-order valence-electron chi connectivity index (χ2n) is 6.21. The molecule has 0 spiro atoms. The van der Waals surface area contributed by atoms with Gasteiger partial charge in [-0.15, -0.1) is 0 Å². The molecule has 1 aliphatic rings. The van der Waals surface area contributed by atoms with E-state index in [2.05, 4.69) is 16.8 Å². The number of hydrogen-bond donors (Lipinski definition) is 0. The molecule has 0 N–H and O–H groups in total. The predicted molar refractivity (Wildman–Crippen MR) is 84.5 cm³/mol. The molecule has 2 heterocycles. The van der Waals surface area contributed by atoms with Gasteiger partial charge in [0.1, 0.15) is 5.76 Å². The molecule has 0 saturated carbocycles. The van der Waals surface area contributed by atoms with Crippen molar-refractivity contribution in [2.24, 2.45) is 0 Å². The largest absolute Gasteiger partial charge is 0.467 e. The Morgan fingerprint density at radius 3 is 2.86 bits per heavy atom. The van der Waals surface area contributed by atoms with Crippen molar-refractivity contribution in [3.63, 3.8) is 0 Å². The quantitative estimate of drug-likeness (QED) is 0.749. The first-order valence-electron chi connectivity index (χ1n) is 7.67. The molecule has 124 valence electrons. The van der Waals surface area contributed by atoms with Gasteiger partial charge in [-0.3, -0.25) is 14.6 Å². The van der Waals surface area contributed by atoms with E-state index >= 15 is 0 Å². The Bertz CT molecular complexity index is 463. The van der Waals surface area contributed by atoms with E-state index in [4.69, 9.17) is 9.15 Å². The summed E-state index contributed by atoms with van der Waals surface area (Å²) in [6, 6.07) is 4.16. The van der Waals surface area contributed by atoms with Gasteiger partial charge in [0.25, 0.3) is 0 Å². The van der Waals surface area contributed by atoms with Crippen molar-refractivity contribution in [1.29, 1.82) is 0 Å². The van der Waals surface area contributed by atoms with Crippen LogP contribution in [0.1, 0.15) is 12.2 Å². The molecule has 0 aromatic carbocycles. The smallest absolute Gasteiger partial charge is 0.236 e. The maximum absolute atomic E-state index is 12.3. The summed E-state index contributed by atoms with van der Waals surface area (Å²) in [7, 11) is 7.67. The zero-order valence-electron chi connectivity index (χ0n) is 14.0. The van der Waals surface area contributed by atoms with Crippen molar-refractivity contribution in [2.75, 3.05) is 47.9 Å². The maximum atomic E-state index is 12.3. The van der Waals surface area contributed by atoms with Gasteiger partial charge in [0.2, 0.25) is 5.91 Å². The summed E-state index contributed by atoms with van der Waals surface area (Å²) in [5, 5.41) is 0. The number of nitrogens with zero attached hydrogens (tertiary/aromatic N) is 3. The molecule has 1 fully saturated rings. The molecule has 22 heavy (non-hydrogen) atoms. The highest BCUT2D eigenvalue weighted by atomic mass is 16.5. The molecule has 1 saturated heterocycles. The number of rotatable bonds is 7. The summed E-state index contributed by atoms with van der Waals surface area (Å²) in [6.45, 7) is 2.76. The highest BCUT2D eigenvalue weighted by molar-refractivity contribution is 5.77. The second kappa shape index (κ2) is 7.76. The summed E-state index contributed by atoms with van der Waals surface area (Å²) in [4.78, 5) is 18.4. The summed E-state index contributed by atoms with van der Waals surface area (Å²) in [6.07, 6.45) is 2.95. The van der Waals surface area contributed by atoms with Crippen molar-refractivity contribution < 1.29 is 13.9 Å². The lowest BCUT2D eigenvalue weighted by Gasteiger charge is -2.26. The van der Waals surface area contributed by atoms with Gasteiger partial charge in [0.15, 0.2) is 0 Å². The molecule has 2 rings (SSSR count). The molecular formula is C16H27N3O3. The second-order valence-corrected chi connectivity index (χ2v) is 6.21. The Morgan fingerprint density at radius 1 is 1.50 bits per heavy atom. The lowest BCUT2D eigenvalue weighted by molar-refractivity contribution is -0.131. The van der Waals surface area contributed by atoms with Crippen LogP contribution in [-0.2, 0) is 16.1 Å². The van der Waals surface area contributed by atoms with Gasteiger partial charge in [-0.2, -0.15) is 0 Å². The van der Waals surface area contributed by atoms with Gasteiger partial charge >= 0.3 is 0 Å². The number of likely N-dealkylation sites (tertiary alicyclic amines) is 1. The highest BCUT2D eigenvalue weighted by Gasteiger charge is 2.30. The SMILES string of the molecule is CO[C@H]1C[C@@H](CN(C)CC(=O)N(C)Cc2ccco2)N(C)C1. The first kappa shape index (κ1) is 17.0. The van der Waals surface area contributed by atoms with Crippen molar-refractivity contribution in [3.8, 4) is 0 Å². The molecule has 2 atom stereocenters. The molecule has 0 aliphatic carbocycles. The van der Waals surface area contributed by atoms with E-state index in [-0.39, 0.29) is 5.91 Å². The highest BCUT2D eigenvalue weighted by Crippen LogP contribution is 2.18. The number of ether oxygens (including phenoxy) is 1. The third-order valence-corrected chi connectivity index (χ3v) is 4.31. The molecule has 6 heteroatoms. The van der Waals surface area contributed by atoms with Crippen LogP contribution in [0, 0.1) is 0 Å². The number of furan rings is 1. The number of carbonyl (C=O) groups is 1. The third-order valence-electron chi connectivity index (χ3n) is 4.31. The van der Waals surface area contributed by atoms with Crippen LogP contribution in [-0.4, -0.2) is 80.6 Å². The number of amides is 1. The Kier molecular flexibility index (Phi) is 5.99. The van der Waals surface area contributed by atoms with Crippen molar-refractivity contribution in [3.05, 3.63) is 24.2 Å². The van der Waals surface area contributed by atoms with Gasteiger partial charge in [0.05, 0.1) is 25.5 Å². The van der Waals surface area contributed by atoms with E-state index in [9.17, 15) is 4.79 Å². The Morgan fingerprint density at radius 2 is 2.27 bits per heavy atom. The average molecular weight is 309 g/mol. The van der Waals surface area contributed by atoms with Crippen LogP contribution < -0.4 is 0 Å². The fourth-order valence-electron chi connectivity index (χ4n) is 2.91.